The Morgan fingerprint density at radius 3 is 2.95 bits per heavy atom. The van der Waals surface area contributed by atoms with E-state index in [1.165, 1.54) is 9.75 Å². The van der Waals surface area contributed by atoms with Crippen LogP contribution in [0.3, 0.4) is 0 Å². The van der Waals surface area contributed by atoms with Gasteiger partial charge in [0.05, 0.1) is 24.2 Å². The number of carbonyl (C=O) groups excluding carboxylic acids is 1. The van der Waals surface area contributed by atoms with E-state index >= 15 is 0 Å². The zero-order valence-corrected chi connectivity index (χ0v) is 12.0. The van der Waals surface area contributed by atoms with Crippen LogP contribution in [-0.4, -0.2) is 16.1 Å². The summed E-state index contributed by atoms with van der Waals surface area (Å²) in [5.41, 5.74) is 1.75. The van der Waals surface area contributed by atoms with Crippen molar-refractivity contribution in [3.05, 3.63) is 51.8 Å². The minimum Gasteiger partial charge on any atom is -0.351 e. The van der Waals surface area contributed by atoms with Crippen LogP contribution in [0.2, 0.25) is 0 Å². The number of fused-ring (bicyclic) bond motifs is 1. The number of hydrogen-bond donors (Lipinski definition) is 2. The third-order valence-corrected chi connectivity index (χ3v) is 4.13. The highest BCUT2D eigenvalue weighted by atomic mass is 32.1. The van der Waals surface area contributed by atoms with Crippen molar-refractivity contribution in [2.75, 3.05) is 0 Å². The molecule has 0 radical (unpaired) electrons. The van der Waals surface area contributed by atoms with E-state index in [9.17, 15) is 4.79 Å². The van der Waals surface area contributed by atoms with E-state index < -0.39 is 0 Å². The Kier molecular flexibility index (Phi) is 3.52. The summed E-state index contributed by atoms with van der Waals surface area (Å²) in [6, 6.07) is 11.9. The van der Waals surface area contributed by atoms with E-state index in [1.54, 1.807) is 11.3 Å². The topological polar surface area (TPSA) is 57.8 Å². The second-order valence-corrected chi connectivity index (χ2v) is 6.06. The van der Waals surface area contributed by atoms with Gasteiger partial charge in [-0.25, -0.2) is 0 Å². The number of thiophene rings is 1. The summed E-state index contributed by atoms with van der Waals surface area (Å²) < 4.78 is 0. The Morgan fingerprint density at radius 2 is 2.15 bits per heavy atom. The number of para-hydroxylation sites is 1. The van der Waals surface area contributed by atoms with E-state index in [1.807, 2.05) is 30.3 Å². The van der Waals surface area contributed by atoms with Crippen molar-refractivity contribution in [2.45, 2.75) is 19.9 Å². The monoisotopic (exact) mass is 285 g/mol. The SMILES string of the molecule is Cc1ccc(CNC(=O)Cc2[nH]nc3ccccc23)s1. The molecule has 0 saturated heterocycles. The lowest BCUT2D eigenvalue weighted by Crippen LogP contribution is -2.24. The summed E-state index contributed by atoms with van der Waals surface area (Å²) in [6.45, 7) is 2.65. The fourth-order valence-corrected chi connectivity index (χ4v) is 2.97. The summed E-state index contributed by atoms with van der Waals surface area (Å²) in [6.07, 6.45) is 0.324. The van der Waals surface area contributed by atoms with Crippen LogP contribution in [0.25, 0.3) is 10.9 Å². The zero-order valence-electron chi connectivity index (χ0n) is 11.1. The van der Waals surface area contributed by atoms with Crippen LogP contribution < -0.4 is 5.32 Å². The maximum Gasteiger partial charge on any atom is 0.226 e. The maximum atomic E-state index is 12.0. The van der Waals surface area contributed by atoms with E-state index in [4.69, 9.17) is 0 Å². The first-order valence-electron chi connectivity index (χ1n) is 6.46. The number of aromatic nitrogens is 2. The number of rotatable bonds is 4. The van der Waals surface area contributed by atoms with Crippen molar-refractivity contribution < 1.29 is 4.79 Å². The molecule has 2 N–H and O–H groups in total. The highest BCUT2D eigenvalue weighted by molar-refractivity contribution is 7.11. The molecular weight excluding hydrogens is 270 g/mol. The fourth-order valence-electron chi connectivity index (χ4n) is 2.14. The maximum absolute atomic E-state index is 12.0. The van der Waals surface area contributed by atoms with Gasteiger partial charge in [-0.15, -0.1) is 11.3 Å². The van der Waals surface area contributed by atoms with E-state index in [0.29, 0.717) is 13.0 Å². The van der Waals surface area contributed by atoms with Gasteiger partial charge in [-0.3, -0.25) is 9.89 Å². The standard InChI is InChI=1S/C15H15N3OS/c1-10-6-7-11(20-10)9-16-15(19)8-14-12-4-2-3-5-13(12)17-18-14/h2-7H,8-9H2,1H3,(H,16,19)(H,17,18). The second kappa shape index (κ2) is 5.46. The number of amides is 1. The summed E-state index contributed by atoms with van der Waals surface area (Å²) >= 11 is 1.71. The summed E-state index contributed by atoms with van der Waals surface area (Å²) in [4.78, 5) is 14.4. The van der Waals surface area contributed by atoms with Crippen LogP contribution in [0.1, 0.15) is 15.4 Å². The molecule has 4 nitrogen and oxygen atoms in total. The van der Waals surface area contributed by atoms with Gasteiger partial charge in [0.15, 0.2) is 0 Å². The molecule has 0 spiro atoms. The molecule has 0 atom stereocenters. The molecule has 0 bridgehead atoms. The van der Waals surface area contributed by atoms with Crippen LogP contribution in [0.15, 0.2) is 36.4 Å². The molecule has 0 aliphatic rings. The Labute approximate surface area is 120 Å². The predicted octanol–water partition coefficient (Wildman–Crippen LogP) is 2.79. The molecule has 20 heavy (non-hydrogen) atoms. The number of nitrogens with one attached hydrogen (secondary N) is 2. The highest BCUT2D eigenvalue weighted by Crippen LogP contribution is 2.16. The molecule has 2 heterocycles. The number of aromatic amines is 1. The lowest BCUT2D eigenvalue weighted by atomic mass is 10.1. The minimum absolute atomic E-state index is 0.00505. The van der Waals surface area contributed by atoms with Crippen molar-refractivity contribution in [2.24, 2.45) is 0 Å². The Balaban J connectivity index is 1.64. The Bertz CT molecular complexity index is 744. The van der Waals surface area contributed by atoms with Gasteiger partial charge < -0.3 is 5.32 Å². The van der Waals surface area contributed by atoms with Gasteiger partial charge in [0.25, 0.3) is 0 Å². The summed E-state index contributed by atoms with van der Waals surface area (Å²) in [7, 11) is 0. The van der Waals surface area contributed by atoms with Gasteiger partial charge in [0.1, 0.15) is 0 Å². The van der Waals surface area contributed by atoms with E-state index in [2.05, 4.69) is 28.5 Å². The van der Waals surface area contributed by atoms with Gasteiger partial charge in [0.2, 0.25) is 5.91 Å². The first-order valence-corrected chi connectivity index (χ1v) is 7.28. The van der Waals surface area contributed by atoms with Crippen molar-refractivity contribution in [3.8, 4) is 0 Å². The number of H-pyrrole nitrogens is 1. The zero-order chi connectivity index (χ0) is 13.9. The molecule has 1 amide bonds. The fraction of sp³-hybridized carbons (Fsp3) is 0.200. The van der Waals surface area contributed by atoms with Crippen molar-refractivity contribution in [1.29, 1.82) is 0 Å². The molecular formula is C15H15N3OS. The van der Waals surface area contributed by atoms with E-state index in [-0.39, 0.29) is 5.91 Å². The smallest absolute Gasteiger partial charge is 0.226 e. The van der Waals surface area contributed by atoms with Crippen LogP contribution in [0, 0.1) is 6.92 Å². The molecule has 3 aromatic rings. The lowest BCUT2D eigenvalue weighted by Gasteiger charge is -2.02. The highest BCUT2D eigenvalue weighted by Gasteiger charge is 2.09. The van der Waals surface area contributed by atoms with Crippen LogP contribution in [0.5, 0.6) is 0 Å². The molecule has 0 saturated carbocycles. The summed E-state index contributed by atoms with van der Waals surface area (Å²) in [5, 5.41) is 11.1. The molecule has 5 heteroatoms. The third-order valence-electron chi connectivity index (χ3n) is 3.13. The lowest BCUT2D eigenvalue weighted by molar-refractivity contribution is -0.120. The normalized spacial score (nSPS) is 10.8. The van der Waals surface area contributed by atoms with Gasteiger partial charge >= 0.3 is 0 Å². The van der Waals surface area contributed by atoms with Crippen LogP contribution in [-0.2, 0) is 17.8 Å². The molecule has 1 aromatic carbocycles. The molecule has 0 aliphatic heterocycles. The van der Waals surface area contributed by atoms with Gasteiger partial charge in [-0.1, -0.05) is 18.2 Å². The first kappa shape index (κ1) is 12.9. The Hall–Kier alpha value is -2.14. The first-order chi connectivity index (χ1) is 9.72. The van der Waals surface area contributed by atoms with Gasteiger partial charge in [-0.05, 0) is 25.1 Å². The van der Waals surface area contributed by atoms with Crippen LogP contribution >= 0.6 is 11.3 Å². The van der Waals surface area contributed by atoms with Crippen molar-refractivity contribution >= 4 is 28.1 Å². The second-order valence-electron chi connectivity index (χ2n) is 4.69. The number of benzene rings is 1. The van der Waals surface area contributed by atoms with Crippen molar-refractivity contribution in [1.82, 2.24) is 15.5 Å². The largest absolute Gasteiger partial charge is 0.351 e. The van der Waals surface area contributed by atoms with Crippen LogP contribution in [0.4, 0.5) is 0 Å². The molecule has 3 rings (SSSR count). The number of carbonyl (C=O) groups is 1. The average Bonchev–Trinajstić information content (AvgIpc) is 3.04. The number of hydrogen-bond acceptors (Lipinski definition) is 3. The Morgan fingerprint density at radius 1 is 1.30 bits per heavy atom. The number of aryl methyl sites for hydroxylation is 1. The van der Waals surface area contributed by atoms with Gasteiger partial charge in [-0.2, -0.15) is 5.10 Å². The van der Waals surface area contributed by atoms with E-state index in [0.717, 1.165) is 16.6 Å². The number of nitrogens with zero attached hydrogens (tertiary/aromatic N) is 1. The molecule has 102 valence electrons. The molecule has 0 unspecified atom stereocenters. The molecule has 0 aliphatic carbocycles. The molecule has 2 aromatic heterocycles. The quantitative estimate of drug-likeness (QED) is 0.774. The predicted molar refractivity (Wildman–Crippen MR) is 80.7 cm³/mol. The summed E-state index contributed by atoms with van der Waals surface area (Å²) in [5.74, 6) is 0.00505. The van der Waals surface area contributed by atoms with Gasteiger partial charge in [0, 0.05) is 15.1 Å². The average molecular weight is 285 g/mol. The molecule has 0 fully saturated rings. The van der Waals surface area contributed by atoms with Crippen molar-refractivity contribution in [3.63, 3.8) is 0 Å². The minimum atomic E-state index is 0.00505. The third kappa shape index (κ3) is 2.72.